The number of amides is 1. The predicted octanol–water partition coefficient (Wildman–Crippen LogP) is 3.12. The van der Waals surface area contributed by atoms with Crippen molar-refractivity contribution >= 4 is 17.5 Å². The summed E-state index contributed by atoms with van der Waals surface area (Å²) in [4.78, 5) is 14.6. The zero-order chi connectivity index (χ0) is 14.3. The Kier molecular flexibility index (Phi) is 3.50. The maximum Gasteiger partial charge on any atom is 0.254 e. The Bertz CT molecular complexity index is 538. The maximum atomic E-state index is 12.7. The van der Waals surface area contributed by atoms with Gasteiger partial charge in [0, 0.05) is 17.6 Å². The molecule has 2 aliphatic rings. The fourth-order valence-electron chi connectivity index (χ4n) is 2.56. The third kappa shape index (κ3) is 2.44. The predicted molar refractivity (Wildman–Crippen MR) is 76.8 cm³/mol. The van der Waals surface area contributed by atoms with E-state index in [1.165, 1.54) is 0 Å². The van der Waals surface area contributed by atoms with Crippen LogP contribution in [0, 0.1) is 0 Å². The van der Waals surface area contributed by atoms with Gasteiger partial charge in [-0.15, -0.1) is 0 Å². The van der Waals surface area contributed by atoms with E-state index in [1.807, 2.05) is 18.7 Å². The molecule has 1 aromatic rings. The Morgan fingerprint density at radius 3 is 2.65 bits per heavy atom. The number of hydrogen-bond acceptors (Lipinski definition) is 3. The van der Waals surface area contributed by atoms with Crippen LogP contribution < -0.4 is 9.47 Å². The third-order valence-corrected chi connectivity index (χ3v) is 3.86. The van der Waals surface area contributed by atoms with Gasteiger partial charge in [-0.3, -0.25) is 4.79 Å². The zero-order valence-corrected chi connectivity index (χ0v) is 12.4. The minimum Gasteiger partial charge on any atom is -0.486 e. The molecule has 108 valence electrons. The normalized spacial score (nSPS) is 17.2. The van der Waals surface area contributed by atoms with Crippen LogP contribution in [0.1, 0.15) is 37.0 Å². The largest absolute Gasteiger partial charge is 0.486 e. The van der Waals surface area contributed by atoms with Crippen LogP contribution in [0.4, 0.5) is 0 Å². The van der Waals surface area contributed by atoms with Crippen LogP contribution >= 0.6 is 11.6 Å². The molecule has 1 amide bonds. The van der Waals surface area contributed by atoms with Gasteiger partial charge in [0.2, 0.25) is 0 Å². The number of nitrogens with zero attached hydrogens (tertiary/aromatic N) is 1. The topological polar surface area (TPSA) is 38.8 Å². The highest BCUT2D eigenvalue weighted by Gasteiger charge is 2.35. The van der Waals surface area contributed by atoms with Gasteiger partial charge in [0.05, 0.1) is 5.02 Å². The average molecular weight is 296 g/mol. The molecule has 1 fully saturated rings. The summed E-state index contributed by atoms with van der Waals surface area (Å²) in [6, 6.07) is 3.96. The van der Waals surface area contributed by atoms with Crippen LogP contribution in [-0.4, -0.2) is 36.1 Å². The second-order valence-corrected chi connectivity index (χ2v) is 5.93. The van der Waals surface area contributed by atoms with Gasteiger partial charge < -0.3 is 14.4 Å². The minimum absolute atomic E-state index is 0.0152. The van der Waals surface area contributed by atoms with Crippen molar-refractivity contribution in [3.8, 4) is 11.5 Å². The molecule has 4 nitrogen and oxygen atoms in total. The Labute approximate surface area is 123 Å². The highest BCUT2D eigenvalue weighted by atomic mass is 35.5. The summed E-state index contributed by atoms with van der Waals surface area (Å²) in [7, 11) is 0. The molecule has 1 heterocycles. The van der Waals surface area contributed by atoms with E-state index in [0.29, 0.717) is 41.3 Å². The second kappa shape index (κ2) is 5.17. The molecular formula is C15H18ClNO3. The first-order valence-corrected chi connectivity index (χ1v) is 7.37. The van der Waals surface area contributed by atoms with Gasteiger partial charge in [0.1, 0.15) is 13.2 Å². The first-order chi connectivity index (χ1) is 9.58. The number of carbonyl (C=O) groups is 1. The lowest BCUT2D eigenvalue weighted by Crippen LogP contribution is -2.38. The van der Waals surface area contributed by atoms with Gasteiger partial charge in [0.25, 0.3) is 5.91 Å². The fraction of sp³-hybridized carbons (Fsp3) is 0.533. The molecule has 0 saturated heterocycles. The van der Waals surface area contributed by atoms with Gasteiger partial charge in [-0.25, -0.2) is 0 Å². The summed E-state index contributed by atoms with van der Waals surface area (Å²) in [5.41, 5.74) is 0.569. The lowest BCUT2D eigenvalue weighted by molar-refractivity contribution is 0.0689. The summed E-state index contributed by atoms with van der Waals surface area (Å²) in [5.74, 6) is 1.12. The highest BCUT2D eigenvalue weighted by Crippen LogP contribution is 2.39. The summed E-state index contributed by atoms with van der Waals surface area (Å²) in [6.07, 6.45) is 2.17. The number of ether oxygens (including phenoxy) is 2. The highest BCUT2D eigenvalue weighted by molar-refractivity contribution is 6.32. The van der Waals surface area contributed by atoms with Crippen LogP contribution in [0.3, 0.4) is 0 Å². The molecular weight excluding hydrogens is 278 g/mol. The average Bonchev–Trinajstić information content (AvgIpc) is 3.23. The first kappa shape index (κ1) is 13.6. The number of fused-ring (bicyclic) bond motifs is 1. The smallest absolute Gasteiger partial charge is 0.254 e. The Balaban J connectivity index is 1.93. The Morgan fingerprint density at radius 1 is 1.30 bits per heavy atom. The van der Waals surface area contributed by atoms with Crippen LogP contribution in [-0.2, 0) is 0 Å². The van der Waals surface area contributed by atoms with Crippen molar-refractivity contribution in [3.05, 3.63) is 22.7 Å². The van der Waals surface area contributed by atoms with Gasteiger partial charge in [-0.1, -0.05) is 11.6 Å². The van der Waals surface area contributed by atoms with Crippen LogP contribution in [0.5, 0.6) is 11.5 Å². The van der Waals surface area contributed by atoms with Crippen LogP contribution in [0.2, 0.25) is 5.02 Å². The van der Waals surface area contributed by atoms with Gasteiger partial charge in [-0.05, 0) is 38.8 Å². The molecule has 0 atom stereocenters. The molecule has 3 rings (SSSR count). The molecule has 1 saturated carbocycles. The maximum absolute atomic E-state index is 12.7. The number of halogens is 1. The quantitative estimate of drug-likeness (QED) is 0.860. The molecule has 5 heteroatoms. The molecule has 20 heavy (non-hydrogen) atoms. The van der Waals surface area contributed by atoms with Crippen LogP contribution in [0.25, 0.3) is 0 Å². The van der Waals surface area contributed by atoms with Crippen LogP contribution in [0.15, 0.2) is 12.1 Å². The van der Waals surface area contributed by atoms with Gasteiger partial charge in [0.15, 0.2) is 11.5 Å². The van der Waals surface area contributed by atoms with Gasteiger partial charge in [-0.2, -0.15) is 0 Å². The lowest BCUT2D eigenvalue weighted by atomic mass is 10.1. The second-order valence-electron chi connectivity index (χ2n) is 5.52. The van der Waals surface area contributed by atoms with E-state index in [1.54, 1.807) is 12.1 Å². The molecule has 0 spiro atoms. The summed E-state index contributed by atoms with van der Waals surface area (Å²) < 4.78 is 11.0. The number of carbonyl (C=O) groups excluding carboxylic acids is 1. The zero-order valence-electron chi connectivity index (χ0n) is 11.7. The lowest BCUT2D eigenvalue weighted by Gasteiger charge is -2.27. The van der Waals surface area contributed by atoms with E-state index >= 15 is 0 Å². The van der Waals surface area contributed by atoms with Crippen molar-refractivity contribution in [2.24, 2.45) is 0 Å². The Morgan fingerprint density at radius 2 is 2.00 bits per heavy atom. The molecule has 1 aliphatic heterocycles. The monoisotopic (exact) mass is 295 g/mol. The molecule has 1 aromatic carbocycles. The summed E-state index contributed by atoms with van der Waals surface area (Å²) in [5, 5.41) is 0.435. The SMILES string of the molecule is CC(C)N(C(=O)c1cc(Cl)c2c(c1)OCCO2)C1CC1. The Hall–Kier alpha value is -1.42. The van der Waals surface area contributed by atoms with Crippen molar-refractivity contribution in [1.29, 1.82) is 0 Å². The third-order valence-electron chi connectivity index (χ3n) is 3.57. The molecule has 0 radical (unpaired) electrons. The first-order valence-electron chi connectivity index (χ1n) is 6.99. The van der Waals surface area contributed by atoms with Gasteiger partial charge >= 0.3 is 0 Å². The summed E-state index contributed by atoms with van der Waals surface area (Å²) >= 11 is 6.20. The standard InChI is InChI=1S/C15H18ClNO3/c1-9(2)17(11-3-4-11)15(18)10-7-12(16)14-13(8-10)19-5-6-20-14/h7-9,11H,3-6H2,1-2H3. The molecule has 0 bridgehead atoms. The molecule has 0 aromatic heterocycles. The van der Waals surface area contributed by atoms with E-state index in [0.717, 1.165) is 12.8 Å². The van der Waals surface area contributed by atoms with E-state index in [-0.39, 0.29) is 11.9 Å². The van der Waals surface area contributed by atoms with Crippen molar-refractivity contribution in [2.45, 2.75) is 38.8 Å². The van der Waals surface area contributed by atoms with E-state index in [2.05, 4.69) is 0 Å². The van der Waals surface area contributed by atoms with Crippen molar-refractivity contribution in [2.75, 3.05) is 13.2 Å². The number of hydrogen-bond donors (Lipinski definition) is 0. The summed E-state index contributed by atoms with van der Waals surface area (Å²) in [6.45, 7) is 5.05. The van der Waals surface area contributed by atoms with E-state index < -0.39 is 0 Å². The minimum atomic E-state index is 0.0152. The van der Waals surface area contributed by atoms with E-state index in [4.69, 9.17) is 21.1 Å². The van der Waals surface area contributed by atoms with E-state index in [9.17, 15) is 4.79 Å². The van der Waals surface area contributed by atoms with Crippen molar-refractivity contribution in [1.82, 2.24) is 4.90 Å². The molecule has 0 N–H and O–H groups in total. The molecule has 0 unspecified atom stereocenters. The number of rotatable bonds is 3. The fourth-order valence-corrected chi connectivity index (χ4v) is 2.82. The van der Waals surface area contributed by atoms with Crippen molar-refractivity contribution < 1.29 is 14.3 Å². The van der Waals surface area contributed by atoms with Crippen molar-refractivity contribution in [3.63, 3.8) is 0 Å². The molecule has 1 aliphatic carbocycles. The number of benzene rings is 1.